The summed E-state index contributed by atoms with van der Waals surface area (Å²) in [4.78, 5) is 27.7. The third-order valence-electron chi connectivity index (χ3n) is 6.56. The normalized spacial score (nSPS) is 16.7. The van der Waals surface area contributed by atoms with E-state index in [0.717, 1.165) is 11.1 Å². The van der Waals surface area contributed by atoms with Gasteiger partial charge in [0.25, 0.3) is 5.91 Å². The Morgan fingerprint density at radius 1 is 0.944 bits per heavy atom. The number of carbonyl (C=O) groups excluding carboxylic acids is 2. The van der Waals surface area contributed by atoms with Gasteiger partial charge in [-0.25, -0.2) is 9.69 Å². The number of amides is 2. The number of imide groups is 1. The lowest BCUT2D eigenvalue weighted by Gasteiger charge is -2.37. The van der Waals surface area contributed by atoms with Gasteiger partial charge in [0.2, 0.25) is 0 Å². The molecular formula is C29H39NO5Si. The molecule has 0 fully saturated rings. The van der Waals surface area contributed by atoms with Crippen LogP contribution >= 0.6 is 0 Å². The number of rotatable bonds is 7. The molecule has 0 N–H and O–H groups in total. The number of carbonyl (C=O) groups is 2. The van der Waals surface area contributed by atoms with E-state index in [4.69, 9.17) is 13.9 Å². The molecule has 1 aliphatic heterocycles. The molecule has 0 aliphatic carbocycles. The molecule has 36 heavy (non-hydrogen) atoms. The lowest BCUT2D eigenvalue weighted by Crippen LogP contribution is -2.48. The van der Waals surface area contributed by atoms with E-state index < -0.39 is 26.1 Å². The summed E-state index contributed by atoms with van der Waals surface area (Å²) in [5, 5.41) is 0.00842. The van der Waals surface area contributed by atoms with Crippen molar-refractivity contribution in [1.82, 2.24) is 4.90 Å². The van der Waals surface area contributed by atoms with Gasteiger partial charge in [-0.15, -0.1) is 0 Å². The first-order valence-electron chi connectivity index (χ1n) is 12.4. The fraction of sp³-hybridized carbons (Fsp3) is 0.448. The second kappa shape index (κ2) is 10.6. The van der Waals surface area contributed by atoms with Crippen LogP contribution in [-0.4, -0.2) is 43.5 Å². The topological polar surface area (TPSA) is 65.1 Å². The summed E-state index contributed by atoms with van der Waals surface area (Å²) in [7, 11) is -2.09. The van der Waals surface area contributed by atoms with E-state index in [2.05, 4.69) is 33.9 Å². The van der Waals surface area contributed by atoms with Crippen LogP contribution < -0.4 is 4.74 Å². The van der Waals surface area contributed by atoms with Gasteiger partial charge in [-0.05, 0) is 68.2 Å². The molecule has 3 rings (SSSR count). The van der Waals surface area contributed by atoms with Gasteiger partial charge in [0.15, 0.2) is 8.32 Å². The summed E-state index contributed by atoms with van der Waals surface area (Å²) in [6.07, 6.45) is 1.16. The van der Waals surface area contributed by atoms with Gasteiger partial charge < -0.3 is 13.9 Å². The van der Waals surface area contributed by atoms with Gasteiger partial charge in [-0.3, -0.25) is 4.79 Å². The van der Waals surface area contributed by atoms with Crippen molar-refractivity contribution in [3.8, 4) is 5.75 Å². The SMILES string of the molecule is CC(C)(C)OC(=O)N1C(=O)C(c2ccc(OCc3ccccc3)cc2)=CC1CO[Si](C)(C)C(C)(C)C. The van der Waals surface area contributed by atoms with E-state index in [-0.39, 0.29) is 17.6 Å². The molecular weight excluding hydrogens is 470 g/mol. The summed E-state index contributed by atoms with van der Waals surface area (Å²) in [5.74, 6) is 0.321. The fourth-order valence-electron chi connectivity index (χ4n) is 3.47. The van der Waals surface area contributed by atoms with Crippen molar-refractivity contribution >= 4 is 25.9 Å². The highest BCUT2D eigenvalue weighted by Gasteiger charge is 2.43. The van der Waals surface area contributed by atoms with Crippen molar-refractivity contribution in [2.45, 2.75) is 77.9 Å². The van der Waals surface area contributed by atoms with E-state index in [1.54, 1.807) is 20.8 Å². The zero-order chi connectivity index (χ0) is 26.7. The van der Waals surface area contributed by atoms with E-state index in [1.807, 2.05) is 60.7 Å². The number of ether oxygens (including phenoxy) is 2. The molecule has 7 heteroatoms. The summed E-state index contributed by atoms with van der Waals surface area (Å²) in [5.41, 5.74) is 1.53. The van der Waals surface area contributed by atoms with Crippen LogP contribution in [-0.2, 0) is 20.6 Å². The summed E-state index contributed by atoms with van der Waals surface area (Å²) < 4.78 is 17.8. The molecule has 194 valence electrons. The number of hydrogen-bond acceptors (Lipinski definition) is 5. The summed E-state index contributed by atoms with van der Waals surface area (Å²) >= 11 is 0. The molecule has 0 saturated heterocycles. The third kappa shape index (κ3) is 6.86. The molecule has 6 nitrogen and oxygen atoms in total. The largest absolute Gasteiger partial charge is 0.489 e. The van der Waals surface area contributed by atoms with Crippen LogP contribution in [0.25, 0.3) is 5.57 Å². The maximum absolute atomic E-state index is 13.4. The van der Waals surface area contributed by atoms with Crippen molar-refractivity contribution in [3.63, 3.8) is 0 Å². The van der Waals surface area contributed by atoms with Crippen molar-refractivity contribution in [2.24, 2.45) is 0 Å². The molecule has 0 spiro atoms. The molecule has 0 bridgehead atoms. The van der Waals surface area contributed by atoms with Crippen LogP contribution in [0.15, 0.2) is 60.7 Å². The van der Waals surface area contributed by atoms with Gasteiger partial charge in [-0.2, -0.15) is 0 Å². The van der Waals surface area contributed by atoms with Crippen LogP contribution in [0.5, 0.6) is 5.75 Å². The summed E-state index contributed by atoms with van der Waals surface area (Å²) in [6.45, 7) is 16.8. The molecule has 1 atom stereocenters. The monoisotopic (exact) mass is 509 g/mol. The Morgan fingerprint density at radius 2 is 1.56 bits per heavy atom. The van der Waals surface area contributed by atoms with Gasteiger partial charge in [0.05, 0.1) is 12.6 Å². The average molecular weight is 510 g/mol. The lowest BCUT2D eigenvalue weighted by atomic mass is 10.1. The van der Waals surface area contributed by atoms with Crippen LogP contribution in [0.2, 0.25) is 18.1 Å². The zero-order valence-electron chi connectivity index (χ0n) is 22.8. The minimum absolute atomic E-state index is 0.00842. The number of hydrogen-bond donors (Lipinski definition) is 0. The van der Waals surface area contributed by atoms with E-state index in [1.165, 1.54) is 4.90 Å². The molecule has 0 radical (unpaired) electrons. The first kappa shape index (κ1) is 27.7. The highest BCUT2D eigenvalue weighted by molar-refractivity contribution is 6.74. The molecule has 0 aromatic heterocycles. The predicted octanol–water partition coefficient (Wildman–Crippen LogP) is 6.82. The predicted molar refractivity (Wildman–Crippen MR) is 145 cm³/mol. The molecule has 2 amide bonds. The fourth-order valence-corrected chi connectivity index (χ4v) is 4.49. The number of benzene rings is 2. The van der Waals surface area contributed by atoms with Crippen LogP contribution in [0.1, 0.15) is 52.7 Å². The van der Waals surface area contributed by atoms with Crippen molar-refractivity contribution < 1.29 is 23.5 Å². The second-order valence-corrected chi connectivity index (χ2v) is 16.5. The minimum Gasteiger partial charge on any atom is -0.489 e. The first-order chi connectivity index (χ1) is 16.7. The Labute approximate surface area is 216 Å². The van der Waals surface area contributed by atoms with Crippen LogP contribution in [0.4, 0.5) is 4.79 Å². The average Bonchev–Trinajstić information content (AvgIpc) is 3.12. The molecule has 1 unspecified atom stereocenters. The highest BCUT2D eigenvalue weighted by atomic mass is 28.4. The van der Waals surface area contributed by atoms with Crippen LogP contribution in [0.3, 0.4) is 0 Å². The molecule has 2 aromatic rings. The molecule has 2 aromatic carbocycles. The Kier molecular flexibility index (Phi) is 8.16. The van der Waals surface area contributed by atoms with Gasteiger partial charge in [-0.1, -0.05) is 63.2 Å². The summed E-state index contributed by atoms with van der Waals surface area (Å²) in [6, 6.07) is 16.8. The lowest BCUT2D eigenvalue weighted by molar-refractivity contribution is -0.124. The van der Waals surface area contributed by atoms with Crippen molar-refractivity contribution in [1.29, 1.82) is 0 Å². The van der Waals surface area contributed by atoms with E-state index in [0.29, 0.717) is 17.9 Å². The maximum atomic E-state index is 13.4. The quantitative estimate of drug-likeness (QED) is 0.383. The van der Waals surface area contributed by atoms with E-state index in [9.17, 15) is 9.59 Å². The van der Waals surface area contributed by atoms with Crippen LogP contribution in [0, 0.1) is 0 Å². The second-order valence-electron chi connectivity index (χ2n) is 11.7. The third-order valence-corrected chi connectivity index (χ3v) is 11.1. The standard InChI is InChI=1S/C29H39NO5Si/c1-28(2,3)35-27(32)30-23(20-34-36(7,8)29(4,5)6)18-25(26(30)31)22-14-16-24(17-15-22)33-19-21-12-10-9-11-13-21/h9-18,23H,19-20H2,1-8H3. The Morgan fingerprint density at radius 3 is 2.11 bits per heavy atom. The van der Waals surface area contributed by atoms with E-state index >= 15 is 0 Å². The minimum atomic E-state index is -2.09. The smallest absolute Gasteiger partial charge is 0.417 e. The Hall–Kier alpha value is -2.90. The van der Waals surface area contributed by atoms with Crippen molar-refractivity contribution in [3.05, 3.63) is 71.8 Å². The Balaban J connectivity index is 1.80. The Bertz CT molecular complexity index is 1100. The first-order valence-corrected chi connectivity index (χ1v) is 15.3. The number of nitrogens with zero attached hydrogens (tertiary/aromatic N) is 1. The highest BCUT2D eigenvalue weighted by Crippen LogP contribution is 2.37. The van der Waals surface area contributed by atoms with Gasteiger partial charge >= 0.3 is 6.09 Å². The molecule has 1 aliphatic rings. The van der Waals surface area contributed by atoms with Crippen molar-refractivity contribution in [2.75, 3.05) is 6.61 Å². The molecule has 0 saturated carbocycles. The zero-order valence-corrected chi connectivity index (χ0v) is 23.8. The van der Waals surface area contributed by atoms with Gasteiger partial charge in [0.1, 0.15) is 18.0 Å². The molecule has 1 heterocycles. The van der Waals surface area contributed by atoms with Gasteiger partial charge in [0, 0.05) is 5.57 Å². The maximum Gasteiger partial charge on any atom is 0.417 e.